The van der Waals surface area contributed by atoms with Gasteiger partial charge < -0.3 is 9.80 Å². The predicted octanol–water partition coefficient (Wildman–Crippen LogP) is 3.20. The first-order valence-electron chi connectivity index (χ1n) is 11.1. The van der Waals surface area contributed by atoms with Crippen LogP contribution in [-0.4, -0.2) is 66.4 Å². The fourth-order valence-corrected chi connectivity index (χ4v) is 7.53. The Hall–Kier alpha value is -1.74. The number of thiophene rings is 1. The number of amides is 1. The van der Waals surface area contributed by atoms with E-state index in [2.05, 4.69) is 42.6 Å². The van der Waals surface area contributed by atoms with Gasteiger partial charge in [0.2, 0.25) is 5.91 Å². The summed E-state index contributed by atoms with van der Waals surface area (Å²) in [5, 5.41) is 1.13. The lowest BCUT2D eigenvalue weighted by Crippen LogP contribution is -2.48. The zero-order valence-electron chi connectivity index (χ0n) is 18.8. The van der Waals surface area contributed by atoms with Crippen LogP contribution in [0.2, 0.25) is 0 Å². The molecule has 4 heterocycles. The van der Waals surface area contributed by atoms with Crippen LogP contribution in [0.4, 0.5) is 5.82 Å². The molecule has 0 saturated carbocycles. The van der Waals surface area contributed by atoms with Crippen LogP contribution in [0.1, 0.15) is 43.6 Å². The second kappa shape index (κ2) is 8.65. The molecule has 0 aromatic carbocycles. The van der Waals surface area contributed by atoms with E-state index in [9.17, 15) is 13.2 Å². The Balaban J connectivity index is 1.48. The molecule has 170 valence electrons. The summed E-state index contributed by atoms with van der Waals surface area (Å²) in [6.07, 6.45) is 3.73. The Bertz CT molecular complexity index is 1070. The van der Waals surface area contributed by atoms with Gasteiger partial charge in [-0.1, -0.05) is 13.8 Å². The van der Waals surface area contributed by atoms with Crippen molar-refractivity contribution in [2.45, 2.75) is 53.0 Å². The molecule has 7 nitrogen and oxygen atoms in total. The molecule has 4 rings (SSSR count). The highest BCUT2D eigenvalue weighted by molar-refractivity contribution is 7.91. The number of nitrogens with zero attached hydrogens (tertiary/aromatic N) is 4. The first-order chi connectivity index (χ1) is 14.7. The number of aromatic nitrogens is 2. The van der Waals surface area contributed by atoms with Gasteiger partial charge in [0.15, 0.2) is 9.84 Å². The van der Waals surface area contributed by atoms with E-state index in [1.54, 1.807) is 17.7 Å². The first kappa shape index (κ1) is 22.5. The molecule has 2 aromatic heterocycles. The maximum absolute atomic E-state index is 13.4. The number of aryl methyl sites for hydroxylation is 2. The van der Waals surface area contributed by atoms with Crippen molar-refractivity contribution in [3.8, 4) is 0 Å². The van der Waals surface area contributed by atoms with Crippen LogP contribution < -0.4 is 4.90 Å². The number of fused-ring (bicyclic) bond motifs is 1. The zero-order valence-corrected chi connectivity index (χ0v) is 20.4. The first-order valence-corrected chi connectivity index (χ1v) is 13.8. The van der Waals surface area contributed by atoms with Crippen molar-refractivity contribution in [1.29, 1.82) is 0 Å². The standard InChI is InChI=1S/C22H32N4O3S2/c1-14(2)11-26(18-7-10-31(28,29)12-18)22(27)17-5-8-25(9-6-17)20-19-15(3)16(4)30-21(19)24-13-23-20/h13-14,17-18H,5-12H2,1-4H3/t18-/m0/s1. The minimum Gasteiger partial charge on any atom is -0.356 e. The molecular formula is C22H32N4O3S2. The lowest BCUT2D eigenvalue weighted by molar-refractivity contribution is -0.138. The molecule has 1 amide bonds. The van der Waals surface area contributed by atoms with E-state index < -0.39 is 9.84 Å². The Morgan fingerprint density at radius 2 is 1.94 bits per heavy atom. The molecular weight excluding hydrogens is 432 g/mol. The highest BCUT2D eigenvalue weighted by Gasteiger charge is 2.38. The van der Waals surface area contributed by atoms with E-state index in [1.165, 1.54) is 10.4 Å². The van der Waals surface area contributed by atoms with Gasteiger partial charge in [-0.3, -0.25) is 4.79 Å². The van der Waals surface area contributed by atoms with E-state index in [0.717, 1.165) is 42.0 Å². The van der Waals surface area contributed by atoms with Crippen molar-refractivity contribution in [2.24, 2.45) is 11.8 Å². The number of carbonyl (C=O) groups is 1. The van der Waals surface area contributed by atoms with E-state index in [4.69, 9.17) is 0 Å². The van der Waals surface area contributed by atoms with E-state index in [-0.39, 0.29) is 29.4 Å². The summed E-state index contributed by atoms with van der Waals surface area (Å²) in [5.74, 6) is 1.66. The van der Waals surface area contributed by atoms with Crippen LogP contribution in [0.5, 0.6) is 0 Å². The maximum atomic E-state index is 13.4. The lowest BCUT2D eigenvalue weighted by atomic mass is 9.93. The number of hydrogen-bond donors (Lipinski definition) is 0. The summed E-state index contributed by atoms with van der Waals surface area (Å²) >= 11 is 1.70. The molecule has 0 aliphatic carbocycles. The smallest absolute Gasteiger partial charge is 0.226 e. The minimum atomic E-state index is -3.02. The molecule has 2 aliphatic heterocycles. The number of hydrogen-bond acceptors (Lipinski definition) is 7. The Labute approximate surface area is 188 Å². The van der Waals surface area contributed by atoms with Gasteiger partial charge in [-0.15, -0.1) is 11.3 Å². The summed E-state index contributed by atoms with van der Waals surface area (Å²) in [7, 11) is -3.02. The Kier molecular flexibility index (Phi) is 6.27. The molecule has 0 spiro atoms. The Morgan fingerprint density at radius 3 is 2.55 bits per heavy atom. The molecule has 0 bridgehead atoms. The maximum Gasteiger partial charge on any atom is 0.226 e. The summed E-state index contributed by atoms with van der Waals surface area (Å²) in [6.45, 7) is 10.6. The normalized spacial score (nSPS) is 21.8. The van der Waals surface area contributed by atoms with Crippen LogP contribution in [0, 0.1) is 25.7 Å². The molecule has 31 heavy (non-hydrogen) atoms. The predicted molar refractivity (Wildman–Crippen MR) is 125 cm³/mol. The SMILES string of the molecule is Cc1sc2ncnc(N3CCC(C(=O)N(CC(C)C)[C@H]4CCS(=O)(=O)C4)CC3)c2c1C. The van der Waals surface area contributed by atoms with Gasteiger partial charge in [0.1, 0.15) is 17.0 Å². The second-order valence-corrected chi connectivity index (χ2v) is 12.8. The molecule has 1 atom stereocenters. The number of piperidine rings is 1. The van der Waals surface area contributed by atoms with E-state index >= 15 is 0 Å². The van der Waals surface area contributed by atoms with Gasteiger partial charge in [-0.05, 0) is 44.6 Å². The fourth-order valence-electron chi connectivity index (χ4n) is 4.81. The summed E-state index contributed by atoms with van der Waals surface area (Å²) in [4.78, 5) is 28.9. The van der Waals surface area contributed by atoms with Crippen LogP contribution in [0.15, 0.2) is 6.33 Å². The van der Waals surface area contributed by atoms with Gasteiger partial charge in [0, 0.05) is 36.5 Å². The molecule has 9 heteroatoms. The third-order valence-electron chi connectivity index (χ3n) is 6.58. The number of sulfone groups is 1. The van der Waals surface area contributed by atoms with Crippen LogP contribution in [0.3, 0.4) is 0 Å². The summed E-state index contributed by atoms with van der Waals surface area (Å²) < 4.78 is 24.0. The van der Waals surface area contributed by atoms with Gasteiger partial charge in [-0.2, -0.15) is 0 Å². The zero-order chi connectivity index (χ0) is 22.3. The average molecular weight is 465 g/mol. The number of rotatable bonds is 5. The molecule has 2 fully saturated rings. The second-order valence-electron chi connectivity index (χ2n) is 9.36. The summed E-state index contributed by atoms with van der Waals surface area (Å²) in [5.41, 5.74) is 1.24. The van der Waals surface area contributed by atoms with Gasteiger partial charge in [0.05, 0.1) is 16.9 Å². The van der Waals surface area contributed by atoms with Crippen molar-refractivity contribution in [1.82, 2.24) is 14.9 Å². The quantitative estimate of drug-likeness (QED) is 0.676. The van der Waals surface area contributed by atoms with Crippen LogP contribution in [0.25, 0.3) is 10.2 Å². The number of anilines is 1. The molecule has 0 unspecified atom stereocenters. The molecule has 2 aromatic rings. The molecule has 2 saturated heterocycles. The van der Waals surface area contributed by atoms with Crippen molar-refractivity contribution in [2.75, 3.05) is 36.0 Å². The lowest BCUT2D eigenvalue weighted by Gasteiger charge is -2.37. The van der Waals surface area contributed by atoms with Crippen molar-refractivity contribution >= 4 is 43.1 Å². The molecule has 0 radical (unpaired) electrons. The largest absolute Gasteiger partial charge is 0.356 e. The third-order valence-corrected chi connectivity index (χ3v) is 9.45. The fraction of sp³-hybridized carbons (Fsp3) is 0.682. The highest BCUT2D eigenvalue weighted by atomic mass is 32.2. The van der Waals surface area contributed by atoms with E-state index in [1.807, 2.05) is 4.90 Å². The average Bonchev–Trinajstić information content (AvgIpc) is 3.24. The Morgan fingerprint density at radius 1 is 1.23 bits per heavy atom. The molecule has 2 aliphatic rings. The minimum absolute atomic E-state index is 0.0547. The van der Waals surface area contributed by atoms with E-state index in [0.29, 0.717) is 18.9 Å². The van der Waals surface area contributed by atoms with Crippen molar-refractivity contribution in [3.05, 3.63) is 16.8 Å². The van der Waals surface area contributed by atoms with Gasteiger partial charge >= 0.3 is 0 Å². The van der Waals surface area contributed by atoms with Gasteiger partial charge in [0.25, 0.3) is 0 Å². The van der Waals surface area contributed by atoms with Crippen LogP contribution in [-0.2, 0) is 14.6 Å². The topological polar surface area (TPSA) is 83.5 Å². The van der Waals surface area contributed by atoms with Crippen molar-refractivity contribution in [3.63, 3.8) is 0 Å². The van der Waals surface area contributed by atoms with Crippen LogP contribution >= 0.6 is 11.3 Å². The summed E-state index contributed by atoms with van der Waals surface area (Å²) in [6, 6.07) is -0.171. The number of carbonyl (C=O) groups excluding carboxylic acids is 1. The van der Waals surface area contributed by atoms with Gasteiger partial charge in [-0.25, -0.2) is 18.4 Å². The monoisotopic (exact) mass is 464 g/mol. The molecule has 0 N–H and O–H groups in total. The third kappa shape index (κ3) is 4.58. The van der Waals surface area contributed by atoms with Crippen molar-refractivity contribution < 1.29 is 13.2 Å². The highest BCUT2D eigenvalue weighted by Crippen LogP contribution is 2.36.